The van der Waals surface area contributed by atoms with Crippen molar-refractivity contribution in [3.63, 3.8) is 0 Å². The Labute approximate surface area is 143 Å². The van der Waals surface area contributed by atoms with Crippen LogP contribution in [0, 0.1) is 5.92 Å². The van der Waals surface area contributed by atoms with E-state index in [0.717, 1.165) is 18.9 Å². The Kier molecular flexibility index (Phi) is 6.58. The molecule has 0 aromatic carbocycles. The van der Waals surface area contributed by atoms with E-state index < -0.39 is 17.9 Å². The summed E-state index contributed by atoms with van der Waals surface area (Å²) < 4.78 is 0. The van der Waals surface area contributed by atoms with Crippen molar-refractivity contribution in [2.24, 2.45) is 5.92 Å². The van der Waals surface area contributed by atoms with E-state index in [1.807, 2.05) is 19.9 Å². The molecule has 1 aliphatic rings. The van der Waals surface area contributed by atoms with Crippen LogP contribution < -0.4 is 10.2 Å². The number of amides is 1. The van der Waals surface area contributed by atoms with Gasteiger partial charge in [-0.2, -0.15) is 0 Å². The third kappa shape index (κ3) is 4.69. The summed E-state index contributed by atoms with van der Waals surface area (Å²) in [5.74, 6) is -0.648. The van der Waals surface area contributed by atoms with E-state index in [0.29, 0.717) is 12.0 Å². The molecule has 2 unspecified atom stereocenters. The van der Waals surface area contributed by atoms with Crippen LogP contribution in [0.15, 0.2) is 18.3 Å². The molecule has 2 rings (SSSR count). The number of carbonyl (C=O) groups is 2. The maximum absolute atomic E-state index is 12.3. The molecular formula is C18H27N3O3. The van der Waals surface area contributed by atoms with Crippen molar-refractivity contribution < 1.29 is 14.7 Å². The van der Waals surface area contributed by atoms with Gasteiger partial charge in [-0.3, -0.25) is 4.79 Å². The minimum atomic E-state index is -1.01. The van der Waals surface area contributed by atoms with E-state index in [1.54, 1.807) is 6.07 Å². The van der Waals surface area contributed by atoms with E-state index in [-0.39, 0.29) is 5.92 Å². The number of pyridine rings is 1. The Morgan fingerprint density at radius 3 is 2.42 bits per heavy atom. The minimum absolute atomic E-state index is 0.129. The van der Waals surface area contributed by atoms with Gasteiger partial charge in [-0.15, -0.1) is 0 Å². The van der Waals surface area contributed by atoms with Crippen molar-refractivity contribution in [3.05, 3.63) is 23.9 Å². The summed E-state index contributed by atoms with van der Waals surface area (Å²) in [6, 6.07) is 2.69. The molecule has 6 nitrogen and oxygen atoms in total. The molecule has 1 aliphatic heterocycles. The van der Waals surface area contributed by atoms with Crippen LogP contribution in [0.4, 0.5) is 5.82 Å². The summed E-state index contributed by atoms with van der Waals surface area (Å²) in [5.41, 5.74) is 0.392. The molecule has 1 fully saturated rings. The zero-order valence-electron chi connectivity index (χ0n) is 14.5. The number of aliphatic carboxylic acids is 1. The predicted molar refractivity (Wildman–Crippen MR) is 93.3 cm³/mol. The molecule has 24 heavy (non-hydrogen) atoms. The molecule has 0 spiro atoms. The third-order valence-electron chi connectivity index (χ3n) is 4.71. The molecule has 1 aromatic rings. The SMILES string of the molecule is CCC(C)C(NC(=O)c1ccc(N2CCCCCC2)nc1)C(=O)O. The molecular weight excluding hydrogens is 306 g/mol. The van der Waals surface area contributed by atoms with Gasteiger partial charge in [0.15, 0.2) is 0 Å². The van der Waals surface area contributed by atoms with Crippen molar-refractivity contribution in [2.75, 3.05) is 18.0 Å². The zero-order valence-corrected chi connectivity index (χ0v) is 14.5. The quantitative estimate of drug-likeness (QED) is 0.836. The highest BCUT2D eigenvalue weighted by molar-refractivity contribution is 5.96. The average molecular weight is 333 g/mol. The van der Waals surface area contributed by atoms with Gasteiger partial charge in [0.25, 0.3) is 5.91 Å². The molecule has 2 N–H and O–H groups in total. The molecule has 2 atom stereocenters. The number of carboxylic acid groups (broad SMARTS) is 1. The summed E-state index contributed by atoms with van der Waals surface area (Å²) >= 11 is 0. The van der Waals surface area contributed by atoms with Crippen LogP contribution >= 0.6 is 0 Å². The third-order valence-corrected chi connectivity index (χ3v) is 4.71. The molecule has 1 aromatic heterocycles. The van der Waals surface area contributed by atoms with E-state index in [4.69, 9.17) is 0 Å². The summed E-state index contributed by atoms with van der Waals surface area (Å²) in [6.45, 7) is 5.71. The topological polar surface area (TPSA) is 82.5 Å². The van der Waals surface area contributed by atoms with Gasteiger partial charge < -0.3 is 15.3 Å². The first-order valence-electron chi connectivity index (χ1n) is 8.77. The lowest BCUT2D eigenvalue weighted by atomic mass is 9.99. The molecule has 0 radical (unpaired) electrons. The molecule has 0 bridgehead atoms. The Morgan fingerprint density at radius 1 is 1.25 bits per heavy atom. The van der Waals surface area contributed by atoms with Gasteiger partial charge in [0, 0.05) is 19.3 Å². The Bertz CT molecular complexity index is 551. The second-order valence-electron chi connectivity index (χ2n) is 6.48. The highest BCUT2D eigenvalue weighted by Gasteiger charge is 2.25. The smallest absolute Gasteiger partial charge is 0.326 e. The first-order valence-corrected chi connectivity index (χ1v) is 8.77. The average Bonchev–Trinajstić information content (AvgIpc) is 2.88. The Morgan fingerprint density at radius 2 is 1.92 bits per heavy atom. The number of hydrogen-bond donors (Lipinski definition) is 2. The van der Waals surface area contributed by atoms with Gasteiger partial charge in [-0.25, -0.2) is 9.78 Å². The van der Waals surface area contributed by atoms with E-state index in [2.05, 4.69) is 15.2 Å². The fraction of sp³-hybridized carbons (Fsp3) is 0.611. The molecule has 6 heteroatoms. The number of aromatic nitrogens is 1. The van der Waals surface area contributed by atoms with Crippen LogP contribution in [0.1, 0.15) is 56.3 Å². The number of nitrogens with one attached hydrogen (secondary N) is 1. The normalized spacial score (nSPS) is 17.7. The zero-order chi connectivity index (χ0) is 17.5. The number of rotatable bonds is 6. The van der Waals surface area contributed by atoms with Gasteiger partial charge in [-0.05, 0) is 30.9 Å². The lowest BCUT2D eigenvalue weighted by Gasteiger charge is -2.22. The molecule has 1 amide bonds. The van der Waals surface area contributed by atoms with Gasteiger partial charge in [0.1, 0.15) is 11.9 Å². The fourth-order valence-electron chi connectivity index (χ4n) is 2.91. The lowest BCUT2D eigenvalue weighted by Crippen LogP contribution is -2.45. The molecule has 0 aliphatic carbocycles. The molecule has 1 saturated heterocycles. The predicted octanol–water partition coefficient (Wildman–Crippen LogP) is 2.69. The standard InChI is InChI=1S/C18H27N3O3/c1-3-13(2)16(18(23)24)20-17(22)14-8-9-15(19-12-14)21-10-6-4-5-7-11-21/h8-9,12-13,16H,3-7,10-11H2,1-2H3,(H,20,22)(H,23,24). The van der Waals surface area contributed by atoms with Crippen molar-refractivity contribution >= 4 is 17.7 Å². The van der Waals surface area contributed by atoms with Crippen LogP contribution in [0.2, 0.25) is 0 Å². The maximum atomic E-state index is 12.3. The fourth-order valence-corrected chi connectivity index (χ4v) is 2.91. The summed E-state index contributed by atoms with van der Waals surface area (Å²) in [7, 11) is 0. The Balaban J connectivity index is 2.03. The largest absolute Gasteiger partial charge is 0.480 e. The lowest BCUT2D eigenvalue weighted by molar-refractivity contribution is -0.140. The maximum Gasteiger partial charge on any atom is 0.326 e. The van der Waals surface area contributed by atoms with E-state index >= 15 is 0 Å². The van der Waals surface area contributed by atoms with Crippen molar-refractivity contribution in [2.45, 2.75) is 52.0 Å². The van der Waals surface area contributed by atoms with Crippen LogP contribution in [-0.2, 0) is 4.79 Å². The number of carbonyl (C=O) groups excluding carboxylic acids is 1. The minimum Gasteiger partial charge on any atom is -0.480 e. The highest BCUT2D eigenvalue weighted by atomic mass is 16.4. The monoisotopic (exact) mass is 333 g/mol. The van der Waals surface area contributed by atoms with Crippen molar-refractivity contribution in [1.29, 1.82) is 0 Å². The highest BCUT2D eigenvalue weighted by Crippen LogP contribution is 2.17. The van der Waals surface area contributed by atoms with Gasteiger partial charge in [-0.1, -0.05) is 33.1 Å². The number of hydrogen-bond acceptors (Lipinski definition) is 4. The number of carboxylic acids is 1. The van der Waals surface area contributed by atoms with E-state index in [9.17, 15) is 14.7 Å². The first-order chi connectivity index (χ1) is 11.5. The Hall–Kier alpha value is -2.11. The van der Waals surface area contributed by atoms with Crippen molar-refractivity contribution in [3.8, 4) is 0 Å². The van der Waals surface area contributed by atoms with E-state index in [1.165, 1.54) is 31.9 Å². The van der Waals surface area contributed by atoms with Crippen molar-refractivity contribution in [1.82, 2.24) is 10.3 Å². The second kappa shape index (κ2) is 8.66. The number of anilines is 1. The number of nitrogens with zero attached hydrogens (tertiary/aromatic N) is 2. The summed E-state index contributed by atoms with van der Waals surface area (Å²) in [5, 5.41) is 11.9. The molecule has 2 heterocycles. The molecule has 132 valence electrons. The van der Waals surface area contributed by atoms with Gasteiger partial charge in [0.2, 0.25) is 0 Å². The first kappa shape index (κ1) is 18.2. The summed E-state index contributed by atoms with van der Waals surface area (Å²) in [4.78, 5) is 30.3. The second-order valence-corrected chi connectivity index (χ2v) is 6.48. The van der Waals surface area contributed by atoms with Crippen LogP contribution in [0.5, 0.6) is 0 Å². The van der Waals surface area contributed by atoms with Crippen LogP contribution in [0.25, 0.3) is 0 Å². The van der Waals surface area contributed by atoms with Crippen LogP contribution in [-0.4, -0.2) is 41.1 Å². The van der Waals surface area contributed by atoms with Gasteiger partial charge >= 0.3 is 5.97 Å². The van der Waals surface area contributed by atoms with Gasteiger partial charge in [0.05, 0.1) is 5.56 Å². The summed E-state index contributed by atoms with van der Waals surface area (Å²) in [6.07, 6.45) is 7.05. The molecule has 0 saturated carbocycles. The van der Waals surface area contributed by atoms with Crippen LogP contribution in [0.3, 0.4) is 0 Å².